The van der Waals surface area contributed by atoms with Gasteiger partial charge in [-0.1, -0.05) is 72.4 Å². The largest absolute Gasteiger partial charge is 0.448 e. The number of fused-ring (bicyclic) bond motifs is 2. The van der Waals surface area contributed by atoms with Crippen LogP contribution in [0.25, 0.3) is 10.2 Å². The molecule has 210 valence electrons. The Labute approximate surface area is 253 Å². The second-order valence-corrected chi connectivity index (χ2v) is 12.5. The van der Waals surface area contributed by atoms with Crippen LogP contribution in [0.4, 0.5) is 5.69 Å². The van der Waals surface area contributed by atoms with Crippen molar-refractivity contribution in [3.05, 3.63) is 111 Å². The fourth-order valence-electron chi connectivity index (χ4n) is 4.64. The minimum Gasteiger partial charge on any atom is -0.448 e. The van der Waals surface area contributed by atoms with E-state index in [2.05, 4.69) is 4.98 Å². The molecule has 2 aliphatic rings. The molecular formula is C28H23ClN4O5S3. The van der Waals surface area contributed by atoms with E-state index in [4.69, 9.17) is 10.5 Å². The maximum absolute atomic E-state index is 13.9. The zero-order valence-electron chi connectivity index (χ0n) is 21.2. The third-order valence-corrected chi connectivity index (χ3v) is 10.3. The molecule has 41 heavy (non-hydrogen) atoms. The van der Waals surface area contributed by atoms with Crippen LogP contribution in [-0.4, -0.2) is 49.6 Å². The molecule has 6 rings (SSSR count). The van der Waals surface area contributed by atoms with Crippen molar-refractivity contribution in [1.29, 1.82) is 0 Å². The maximum Gasteiger partial charge on any atom is 0.356 e. The summed E-state index contributed by atoms with van der Waals surface area (Å²) in [5.41, 5.74) is 9.35. The van der Waals surface area contributed by atoms with Crippen molar-refractivity contribution in [2.75, 3.05) is 11.5 Å². The molecule has 2 aliphatic heterocycles. The molecular weight excluding hydrogens is 604 g/mol. The molecule has 1 aromatic heterocycles. The molecule has 0 aliphatic carbocycles. The summed E-state index contributed by atoms with van der Waals surface area (Å²) in [4.78, 5) is 43.4. The van der Waals surface area contributed by atoms with Gasteiger partial charge in [-0.25, -0.2) is 9.78 Å². The molecule has 0 bridgehead atoms. The topological polar surface area (TPSA) is 129 Å². The van der Waals surface area contributed by atoms with E-state index < -0.39 is 23.0 Å². The van der Waals surface area contributed by atoms with E-state index in [9.17, 15) is 19.7 Å². The Morgan fingerprint density at radius 2 is 1.78 bits per heavy atom. The van der Waals surface area contributed by atoms with E-state index >= 15 is 0 Å². The standard InChI is InChI=1S/C28H22N4O5S3.ClH/c29-22-25(33)31-23(27(34)37-24(16-7-3-1-4-8-16)17-9-5-2-6-10-17)18(14-38-26(22)31)15-39-28-30-20-12-11-19(32(35)36)13-21(20)40-28;/h1-13,22,24,26H,14-15,29H2;1H/t22-,26-;/m1./s1. The fourth-order valence-corrected chi connectivity index (χ4v) is 8.18. The summed E-state index contributed by atoms with van der Waals surface area (Å²) in [6.07, 6.45) is -0.658. The van der Waals surface area contributed by atoms with Gasteiger partial charge >= 0.3 is 5.97 Å². The molecule has 0 spiro atoms. The average Bonchev–Trinajstić information content (AvgIpc) is 3.41. The number of esters is 1. The zero-order chi connectivity index (χ0) is 27.8. The van der Waals surface area contributed by atoms with Crippen LogP contribution in [-0.2, 0) is 14.3 Å². The molecule has 4 aromatic rings. The van der Waals surface area contributed by atoms with Crippen LogP contribution in [0.5, 0.6) is 0 Å². The Kier molecular flexibility index (Phi) is 8.66. The number of benzene rings is 3. The molecule has 1 saturated heterocycles. The minimum atomic E-state index is -0.666. The third-order valence-electron chi connectivity index (χ3n) is 6.64. The first-order valence-electron chi connectivity index (χ1n) is 12.3. The zero-order valence-corrected chi connectivity index (χ0v) is 24.5. The predicted molar refractivity (Wildman–Crippen MR) is 163 cm³/mol. The summed E-state index contributed by atoms with van der Waals surface area (Å²) in [5.74, 6) is 0.0117. The van der Waals surface area contributed by atoms with Crippen LogP contribution < -0.4 is 5.73 Å². The number of nitro benzene ring substituents is 1. The Bertz CT molecular complexity index is 1610. The van der Waals surface area contributed by atoms with Crippen molar-refractivity contribution in [3.63, 3.8) is 0 Å². The molecule has 9 nitrogen and oxygen atoms in total. The Balaban J connectivity index is 0.00000337. The number of hydrogen-bond acceptors (Lipinski definition) is 10. The van der Waals surface area contributed by atoms with Gasteiger partial charge in [-0.05, 0) is 22.8 Å². The second kappa shape index (κ2) is 12.2. The number of carbonyl (C=O) groups is 2. The quantitative estimate of drug-likeness (QED) is 0.0880. The highest BCUT2D eigenvalue weighted by molar-refractivity contribution is 8.02. The summed E-state index contributed by atoms with van der Waals surface area (Å²) in [5, 5.41) is 10.8. The van der Waals surface area contributed by atoms with Gasteiger partial charge in [0.1, 0.15) is 17.1 Å². The lowest BCUT2D eigenvalue weighted by Gasteiger charge is -2.48. The normalized spacial score (nSPS) is 18.1. The number of nitro groups is 1. The van der Waals surface area contributed by atoms with E-state index in [1.807, 2.05) is 60.7 Å². The van der Waals surface area contributed by atoms with Crippen molar-refractivity contribution < 1.29 is 19.2 Å². The number of thioether (sulfide) groups is 2. The van der Waals surface area contributed by atoms with Crippen LogP contribution in [0.3, 0.4) is 0 Å². The number of nitrogens with two attached hydrogens (primary N) is 1. The summed E-state index contributed by atoms with van der Waals surface area (Å²) in [7, 11) is 0. The van der Waals surface area contributed by atoms with Gasteiger partial charge in [-0.2, -0.15) is 0 Å². The van der Waals surface area contributed by atoms with Crippen LogP contribution in [0, 0.1) is 10.1 Å². The first kappa shape index (κ1) is 29.1. The number of carbonyl (C=O) groups excluding carboxylic acids is 2. The van der Waals surface area contributed by atoms with Gasteiger partial charge in [0.05, 0.1) is 15.1 Å². The molecule has 0 unspecified atom stereocenters. The minimum absolute atomic E-state index is 0. The highest BCUT2D eigenvalue weighted by Crippen LogP contribution is 2.42. The summed E-state index contributed by atoms with van der Waals surface area (Å²) >= 11 is 4.29. The molecule has 2 N–H and O–H groups in total. The van der Waals surface area contributed by atoms with Crippen LogP contribution in [0.2, 0.25) is 0 Å². The summed E-state index contributed by atoms with van der Waals surface area (Å²) in [6, 6.07) is 22.8. The maximum atomic E-state index is 13.9. The van der Waals surface area contributed by atoms with E-state index in [1.54, 1.807) is 6.07 Å². The van der Waals surface area contributed by atoms with Crippen LogP contribution in [0.1, 0.15) is 17.2 Å². The first-order chi connectivity index (χ1) is 19.4. The van der Waals surface area contributed by atoms with E-state index in [0.717, 1.165) is 16.7 Å². The monoisotopic (exact) mass is 626 g/mol. The number of β-lactam (4-membered cyclic amide) rings is 1. The smallest absolute Gasteiger partial charge is 0.356 e. The number of nitrogens with zero attached hydrogens (tertiary/aromatic N) is 3. The van der Waals surface area contributed by atoms with Crippen molar-refractivity contribution in [2.45, 2.75) is 21.9 Å². The predicted octanol–water partition coefficient (Wildman–Crippen LogP) is 5.55. The van der Waals surface area contributed by atoms with E-state index in [1.165, 1.54) is 51.9 Å². The highest BCUT2D eigenvalue weighted by Gasteiger charge is 2.52. The number of halogens is 1. The lowest BCUT2D eigenvalue weighted by molar-refractivity contribution is -0.384. The van der Waals surface area contributed by atoms with Gasteiger partial charge in [-0.15, -0.1) is 35.5 Å². The first-order valence-corrected chi connectivity index (χ1v) is 15.2. The SMILES string of the molecule is Cl.N[C@@H]1C(=O)N2C(C(=O)OC(c3ccccc3)c3ccccc3)=C(CSc3nc4ccc([N+](=O)[O-])cc4s3)CS[C@H]12. The fraction of sp³-hybridized carbons (Fsp3) is 0.179. The number of aromatic nitrogens is 1. The molecule has 0 radical (unpaired) electrons. The van der Waals surface area contributed by atoms with Crippen molar-refractivity contribution >= 4 is 75.0 Å². The number of amides is 1. The molecule has 1 fully saturated rings. The molecule has 13 heteroatoms. The van der Waals surface area contributed by atoms with Gasteiger partial charge in [0.15, 0.2) is 10.4 Å². The van der Waals surface area contributed by atoms with E-state index in [0.29, 0.717) is 26.1 Å². The number of ether oxygens (including phenoxy) is 1. The molecule has 2 atom stereocenters. The molecule has 3 aromatic carbocycles. The van der Waals surface area contributed by atoms with Gasteiger partial charge < -0.3 is 10.5 Å². The third kappa shape index (κ3) is 5.70. The lowest BCUT2D eigenvalue weighted by Crippen LogP contribution is -2.68. The van der Waals surface area contributed by atoms with Crippen molar-refractivity contribution in [1.82, 2.24) is 9.88 Å². The van der Waals surface area contributed by atoms with Gasteiger partial charge in [-0.3, -0.25) is 19.8 Å². The lowest BCUT2D eigenvalue weighted by atomic mass is 10.0. The number of thiazole rings is 1. The number of non-ortho nitro benzene ring substituents is 1. The van der Waals surface area contributed by atoms with Gasteiger partial charge in [0, 0.05) is 23.6 Å². The number of hydrogen-bond donors (Lipinski definition) is 1. The van der Waals surface area contributed by atoms with Crippen LogP contribution >= 0.6 is 47.3 Å². The van der Waals surface area contributed by atoms with Crippen LogP contribution in [0.15, 0.2) is 94.5 Å². The average molecular weight is 627 g/mol. The Morgan fingerprint density at radius 3 is 2.41 bits per heavy atom. The van der Waals surface area contributed by atoms with E-state index in [-0.39, 0.29) is 35.1 Å². The molecule has 3 heterocycles. The Hall–Kier alpha value is -3.42. The summed E-state index contributed by atoms with van der Waals surface area (Å²) in [6.45, 7) is 0. The number of rotatable bonds is 8. The van der Waals surface area contributed by atoms with Crippen molar-refractivity contribution in [3.8, 4) is 0 Å². The summed E-state index contributed by atoms with van der Waals surface area (Å²) < 4.78 is 7.56. The molecule has 1 amide bonds. The second-order valence-electron chi connectivity index (χ2n) is 9.17. The van der Waals surface area contributed by atoms with Gasteiger partial charge in [0.2, 0.25) is 5.91 Å². The molecule has 0 saturated carbocycles. The Morgan fingerprint density at radius 1 is 1.12 bits per heavy atom. The van der Waals surface area contributed by atoms with Gasteiger partial charge in [0.25, 0.3) is 5.69 Å². The highest BCUT2D eigenvalue weighted by atomic mass is 35.5. The van der Waals surface area contributed by atoms with Crippen molar-refractivity contribution in [2.24, 2.45) is 5.73 Å².